The zero-order chi connectivity index (χ0) is 16.6. The molecule has 0 aliphatic carbocycles. The minimum Gasteiger partial charge on any atom is -0.394 e. The molecule has 0 aromatic rings. The van der Waals surface area contributed by atoms with Crippen LogP contribution in [0, 0.1) is 6.61 Å². The average molecular weight is 325 g/mol. The predicted octanol–water partition coefficient (Wildman–Crippen LogP) is -5.17. The van der Waals surface area contributed by atoms with Gasteiger partial charge in [0.1, 0.15) is 67.6 Å². The Balaban J connectivity index is 2.12. The summed E-state index contributed by atoms with van der Waals surface area (Å²) in [5.41, 5.74) is 0. The summed E-state index contributed by atoms with van der Waals surface area (Å²) in [6.45, 7) is 0.144. The van der Waals surface area contributed by atoms with Crippen LogP contribution in [0.25, 0.3) is 0 Å². The smallest absolute Gasteiger partial charge is 0.115 e. The van der Waals surface area contributed by atoms with E-state index in [0.717, 1.165) is 6.61 Å². The lowest BCUT2D eigenvalue weighted by Crippen LogP contribution is -2.66. The van der Waals surface area contributed by atoms with Gasteiger partial charge in [0, 0.05) is 0 Å². The van der Waals surface area contributed by atoms with Crippen molar-refractivity contribution in [3.05, 3.63) is 6.61 Å². The lowest BCUT2D eigenvalue weighted by molar-refractivity contribution is -0.272. The SMILES string of the molecule is OC[C@H]1O[C@@H](C(O)[C@H]2O[CH][C@H](O)[C@@H](O)[C@H]2O)[C@H](O)[C@@H](O)[C@H]1O. The molecular formula is C12H21O10. The molecule has 10 nitrogen and oxygen atoms in total. The van der Waals surface area contributed by atoms with Crippen LogP contribution in [0.15, 0.2) is 0 Å². The molecule has 1 unspecified atom stereocenters. The zero-order valence-electron chi connectivity index (χ0n) is 11.5. The molecule has 10 atom stereocenters. The molecule has 22 heavy (non-hydrogen) atoms. The van der Waals surface area contributed by atoms with Crippen molar-refractivity contribution in [2.24, 2.45) is 0 Å². The molecule has 0 spiro atoms. The highest BCUT2D eigenvalue weighted by atomic mass is 16.6. The number of hydrogen-bond donors (Lipinski definition) is 8. The summed E-state index contributed by atoms with van der Waals surface area (Å²) in [7, 11) is 0. The van der Waals surface area contributed by atoms with Gasteiger partial charge in [-0.2, -0.15) is 0 Å². The summed E-state index contributed by atoms with van der Waals surface area (Å²) in [5.74, 6) is 0. The molecule has 10 heteroatoms. The third-order valence-electron chi connectivity index (χ3n) is 4.01. The van der Waals surface area contributed by atoms with Crippen molar-refractivity contribution in [1.82, 2.24) is 0 Å². The second kappa shape index (κ2) is 7.01. The van der Waals surface area contributed by atoms with Crippen LogP contribution >= 0.6 is 0 Å². The molecule has 2 saturated heterocycles. The Morgan fingerprint density at radius 3 is 2.00 bits per heavy atom. The molecule has 0 bridgehead atoms. The first-order valence-corrected chi connectivity index (χ1v) is 6.81. The number of rotatable bonds is 3. The van der Waals surface area contributed by atoms with E-state index in [2.05, 4.69) is 0 Å². The van der Waals surface area contributed by atoms with E-state index in [1.54, 1.807) is 0 Å². The van der Waals surface area contributed by atoms with Crippen LogP contribution in [0.1, 0.15) is 0 Å². The fraction of sp³-hybridized carbons (Fsp3) is 0.917. The topological polar surface area (TPSA) is 180 Å². The van der Waals surface area contributed by atoms with E-state index >= 15 is 0 Å². The van der Waals surface area contributed by atoms with Crippen LogP contribution in [0.5, 0.6) is 0 Å². The lowest BCUT2D eigenvalue weighted by atomic mass is 9.87. The van der Waals surface area contributed by atoms with Crippen molar-refractivity contribution < 1.29 is 50.3 Å². The Morgan fingerprint density at radius 2 is 1.41 bits per heavy atom. The summed E-state index contributed by atoms with van der Waals surface area (Å²) in [6, 6.07) is 0. The first-order valence-electron chi connectivity index (χ1n) is 6.81. The van der Waals surface area contributed by atoms with E-state index in [0.29, 0.717) is 0 Å². The van der Waals surface area contributed by atoms with Gasteiger partial charge in [0.25, 0.3) is 0 Å². The molecule has 2 fully saturated rings. The van der Waals surface area contributed by atoms with Crippen molar-refractivity contribution in [3.8, 4) is 0 Å². The summed E-state index contributed by atoms with van der Waals surface area (Å²) in [6.07, 6.45) is -15.6. The molecule has 0 aromatic heterocycles. The van der Waals surface area contributed by atoms with E-state index in [9.17, 15) is 35.7 Å². The van der Waals surface area contributed by atoms with Crippen molar-refractivity contribution in [2.75, 3.05) is 6.61 Å². The predicted molar refractivity (Wildman–Crippen MR) is 67.0 cm³/mol. The maximum atomic E-state index is 10.2. The molecule has 0 saturated carbocycles. The van der Waals surface area contributed by atoms with Crippen LogP contribution in [0.2, 0.25) is 0 Å². The van der Waals surface area contributed by atoms with Gasteiger partial charge in [-0.1, -0.05) is 0 Å². The Kier molecular flexibility index (Phi) is 5.72. The maximum absolute atomic E-state index is 10.2. The van der Waals surface area contributed by atoms with Crippen molar-refractivity contribution in [2.45, 2.75) is 61.0 Å². The first kappa shape index (κ1) is 17.9. The maximum Gasteiger partial charge on any atom is 0.115 e. The first-order chi connectivity index (χ1) is 10.3. The normalized spacial score (nSPS) is 51.5. The average Bonchev–Trinajstić information content (AvgIpc) is 2.50. The van der Waals surface area contributed by atoms with Crippen molar-refractivity contribution in [1.29, 1.82) is 0 Å². The highest BCUT2D eigenvalue weighted by Crippen LogP contribution is 2.29. The second-order valence-electron chi connectivity index (χ2n) is 5.49. The summed E-state index contributed by atoms with van der Waals surface area (Å²) >= 11 is 0. The summed E-state index contributed by atoms with van der Waals surface area (Å²) in [5, 5.41) is 77.2. The zero-order valence-corrected chi connectivity index (χ0v) is 11.5. The Morgan fingerprint density at radius 1 is 0.818 bits per heavy atom. The molecule has 0 aromatic carbocycles. The Hall–Kier alpha value is -0.400. The molecule has 1 radical (unpaired) electrons. The van der Waals surface area contributed by atoms with Crippen molar-refractivity contribution >= 4 is 0 Å². The van der Waals surface area contributed by atoms with Gasteiger partial charge >= 0.3 is 0 Å². The number of ether oxygens (including phenoxy) is 2. The minimum absolute atomic E-state index is 0.671. The van der Waals surface area contributed by atoms with Gasteiger partial charge in [0.05, 0.1) is 6.61 Å². The fourth-order valence-corrected chi connectivity index (χ4v) is 2.61. The van der Waals surface area contributed by atoms with Gasteiger partial charge in [-0.05, 0) is 0 Å². The molecular weight excluding hydrogens is 304 g/mol. The Bertz CT molecular complexity index is 366. The second-order valence-corrected chi connectivity index (χ2v) is 5.49. The van der Waals surface area contributed by atoms with Gasteiger partial charge < -0.3 is 50.3 Å². The molecule has 2 heterocycles. The van der Waals surface area contributed by atoms with Crippen LogP contribution in [0.3, 0.4) is 0 Å². The quantitative estimate of drug-likeness (QED) is 0.250. The van der Waals surface area contributed by atoms with Crippen LogP contribution < -0.4 is 0 Å². The van der Waals surface area contributed by atoms with Crippen molar-refractivity contribution in [3.63, 3.8) is 0 Å². The molecule has 0 amide bonds. The monoisotopic (exact) mass is 325 g/mol. The molecule has 2 aliphatic heterocycles. The van der Waals surface area contributed by atoms with E-state index < -0.39 is 67.6 Å². The molecule has 8 N–H and O–H groups in total. The van der Waals surface area contributed by atoms with E-state index in [-0.39, 0.29) is 0 Å². The van der Waals surface area contributed by atoms with Gasteiger partial charge in [-0.15, -0.1) is 0 Å². The molecule has 2 aliphatic rings. The number of aliphatic hydroxyl groups is 8. The Labute approximate surface area is 125 Å². The molecule has 129 valence electrons. The largest absolute Gasteiger partial charge is 0.394 e. The number of hydrogen-bond acceptors (Lipinski definition) is 10. The van der Waals surface area contributed by atoms with E-state index in [1.807, 2.05) is 0 Å². The minimum atomic E-state index is -1.72. The van der Waals surface area contributed by atoms with Gasteiger partial charge in [0.15, 0.2) is 0 Å². The van der Waals surface area contributed by atoms with Crippen LogP contribution in [-0.4, -0.2) is 108 Å². The van der Waals surface area contributed by atoms with Gasteiger partial charge in [0.2, 0.25) is 0 Å². The van der Waals surface area contributed by atoms with E-state index in [1.165, 1.54) is 0 Å². The third-order valence-corrected chi connectivity index (χ3v) is 4.01. The highest BCUT2D eigenvalue weighted by Gasteiger charge is 2.51. The standard InChI is InChI=1S/C12H21O10/c13-1-4-6(16)7(17)9(19)12(22-4)10(20)11-8(18)5(15)3(14)2-21-11/h2-20H,1H2/t3-,4+,5+,6-,7-,8+,9+,10?,11-,12+/m0/s1. The van der Waals surface area contributed by atoms with Gasteiger partial charge in [-0.3, -0.25) is 0 Å². The fourth-order valence-electron chi connectivity index (χ4n) is 2.61. The number of aliphatic hydroxyl groups excluding tert-OH is 8. The summed E-state index contributed by atoms with van der Waals surface area (Å²) < 4.78 is 10.1. The third kappa shape index (κ3) is 3.12. The van der Waals surface area contributed by atoms with Crippen LogP contribution in [0.4, 0.5) is 0 Å². The van der Waals surface area contributed by atoms with Gasteiger partial charge in [-0.25, -0.2) is 0 Å². The van der Waals surface area contributed by atoms with Crippen LogP contribution in [-0.2, 0) is 9.47 Å². The highest BCUT2D eigenvalue weighted by molar-refractivity contribution is 5.01. The lowest BCUT2D eigenvalue weighted by Gasteiger charge is -2.45. The summed E-state index contributed by atoms with van der Waals surface area (Å²) in [4.78, 5) is 0. The molecule has 2 rings (SSSR count). The van der Waals surface area contributed by atoms with E-state index in [4.69, 9.17) is 14.6 Å².